The van der Waals surface area contributed by atoms with Crippen LogP contribution in [0.5, 0.6) is 0 Å². The van der Waals surface area contributed by atoms with Crippen molar-refractivity contribution >= 4 is 91.6 Å². The third-order valence-electron chi connectivity index (χ3n) is 9.89. The van der Waals surface area contributed by atoms with E-state index >= 15 is 0 Å². The van der Waals surface area contributed by atoms with Crippen LogP contribution in [0.25, 0.3) is 42.9 Å². The molecule has 1 aromatic carbocycles. The van der Waals surface area contributed by atoms with E-state index in [4.69, 9.17) is 0 Å². The average Bonchev–Trinajstić information content (AvgIpc) is 3.88. The van der Waals surface area contributed by atoms with Crippen LogP contribution in [-0.2, 0) is 19.4 Å². The van der Waals surface area contributed by atoms with Crippen LogP contribution in [0.4, 0.5) is 0 Å². The zero-order valence-corrected chi connectivity index (χ0v) is 36.1. The first-order valence-electron chi connectivity index (χ1n) is 18.8. The zero-order chi connectivity index (χ0) is 33.9. The summed E-state index contributed by atoms with van der Waals surface area (Å²) in [5.74, 6) is 0.650. The van der Waals surface area contributed by atoms with Gasteiger partial charge in [0.25, 0.3) is 0 Å². The Morgan fingerprint density at radius 2 is 1.08 bits per heavy atom. The molecule has 0 aliphatic heterocycles. The minimum absolute atomic E-state index is 0.111. The number of aromatic nitrogens is 5. The van der Waals surface area contributed by atoms with Gasteiger partial charge in [0.15, 0.2) is 0 Å². The summed E-state index contributed by atoms with van der Waals surface area (Å²) in [6.07, 6.45) is 23.2. The molecule has 5 aromatic rings. The van der Waals surface area contributed by atoms with Crippen LogP contribution in [0.15, 0.2) is 19.7 Å². The molecular formula is C38H57Br2N5S2Se. The van der Waals surface area contributed by atoms with Crippen molar-refractivity contribution in [3.63, 3.8) is 0 Å². The Hall–Kier alpha value is -0.901. The Morgan fingerprint density at radius 3 is 1.54 bits per heavy atom. The number of hydrogen-bond acceptors (Lipinski definition) is 2. The molecule has 0 spiro atoms. The summed E-state index contributed by atoms with van der Waals surface area (Å²) in [4.78, 5) is 4.94. The second-order valence-corrected chi connectivity index (χ2v) is 19.7. The summed E-state index contributed by atoms with van der Waals surface area (Å²) in [5, 5.41) is 7.82. The van der Waals surface area contributed by atoms with Gasteiger partial charge in [-0.25, -0.2) is 0 Å². The number of hydrogen-bond donors (Lipinski definition) is 4. The quantitative estimate of drug-likeness (QED) is 0.0395. The monoisotopic (exact) mass is 885 g/mol. The number of fused-ring (bicyclic) bond motifs is 2. The number of nitrogens with one attached hydrogen (secondary N) is 4. The van der Waals surface area contributed by atoms with Crippen molar-refractivity contribution in [2.45, 2.75) is 150 Å². The van der Waals surface area contributed by atoms with Crippen LogP contribution in [0.1, 0.15) is 142 Å². The van der Waals surface area contributed by atoms with Crippen molar-refractivity contribution in [3.8, 4) is 20.9 Å². The van der Waals surface area contributed by atoms with Crippen LogP contribution in [0.3, 0.4) is 0 Å². The van der Waals surface area contributed by atoms with Crippen LogP contribution in [0, 0.1) is 5.92 Å². The van der Waals surface area contributed by atoms with E-state index in [-0.39, 0.29) is 15.0 Å². The molecular weight excluding hydrogens is 829 g/mol. The SMILES string of the molecule is CCCCCCCCc1cc(-c2c3[nH][se][nH]c3c(-c3cc(CCCCCCCC)c(Br)s3)c3[nH]n(CC(CC)CCCC)[nH]c23)sc1Br. The molecule has 0 aliphatic carbocycles. The molecule has 5 rings (SSSR count). The van der Waals surface area contributed by atoms with Gasteiger partial charge in [-0.3, -0.25) is 0 Å². The normalized spacial score (nSPS) is 12.6. The maximum absolute atomic E-state index is 3.98. The third-order valence-corrected chi connectivity index (χ3v) is 15.1. The summed E-state index contributed by atoms with van der Waals surface area (Å²) in [6.45, 7) is 10.2. The second-order valence-electron chi connectivity index (χ2n) is 13.7. The number of nitrogens with zero attached hydrogens (tertiary/aromatic N) is 1. The van der Waals surface area contributed by atoms with Gasteiger partial charge in [-0.2, -0.15) is 0 Å². The van der Waals surface area contributed by atoms with E-state index in [9.17, 15) is 0 Å². The number of rotatable bonds is 22. The van der Waals surface area contributed by atoms with E-state index in [0.717, 1.165) is 19.4 Å². The van der Waals surface area contributed by atoms with Crippen molar-refractivity contribution in [3.05, 3.63) is 30.8 Å². The number of unbranched alkanes of at least 4 members (excludes halogenated alkanes) is 11. The number of H-pyrrole nitrogens is 4. The molecule has 48 heavy (non-hydrogen) atoms. The fraction of sp³-hybridized carbons (Fsp3) is 0.632. The molecule has 0 fully saturated rings. The van der Waals surface area contributed by atoms with Gasteiger partial charge in [-0.15, -0.1) is 0 Å². The summed E-state index contributed by atoms with van der Waals surface area (Å²) in [7, 11) is 0. The molecule has 0 bridgehead atoms. The van der Waals surface area contributed by atoms with Crippen LogP contribution >= 0.6 is 54.5 Å². The van der Waals surface area contributed by atoms with Gasteiger partial charge in [0.05, 0.1) is 0 Å². The Bertz CT molecular complexity index is 1610. The fourth-order valence-corrected chi connectivity index (χ4v) is 12.0. The van der Waals surface area contributed by atoms with Crippen molar-refractivity contribution in [2.24, 2.45) is 5.92 Å². The molecule has 4 N–H and O–H groups in total. The number of halogens is 2. The Kier molecular flexibility index (Phi) is 15.7. The Labute approximate surface area is 319 Å². The molecule has 0 aliphatic rings. The number of aryl methyl sites for hydroxylation is 2. The minimum atomic E-state index is 0.111. The van der Waals surface area contributed by atoms with E-state index in [1.165, 1.54) is 164 Å². The molecule has 0 radical (unpaired) electrons. The van der Waals surface area contributed by atoms with Gasteiger partial charge in [0, 0.05) is 0 Å². The molecule has 10 heteroatoms. The predicted molar refractivity (Wildman–Crippen MR) is 221 cm³/mol. The molecule has 0 amide bonds. The summed E-state index contributed by atoms with van der Waals surface area (Å²) in [5.41, 5.74) is 10.4. The molecule has 4 aromatic heterocycles. The topological polar surface area (TPSA) is 68.1 Å². The van der Waals surface area contributed by atoms with Gasteiger partial charge in [0.1, 0.15) is 0 Å². The van der Waals surface area contributed by atoms with E-state index in [1.54, 1.807) is 0 Å². The summed E-state index contributed by atoms with van der Waals surface area (Å²) >= 11 is 11.9. The van der Waals surface area contributed by atoms with Gasteiger partial charge in [0.2, 0.25) is 0 Å². The van der Waals surface area contributed by atoms with Crippen LogP contribution in [-0.4, -0.2) is 37.9 Å². The molecule has 0 saturated carbocycles. The van der Waals surface area contributed by atoms with Crippen LogP contribution < -0.4 is 0 Å². The van der Waals surface area contributed by atoms with Crippen LogP contribution in [0.2, 0.25) is 0 Å². The van der Waals surface area contributed by atoms with E-state index in [1.807, 2.05) is 22.7 Å². The predicted octanol–water partition coefficient (Wildman–Crippen LogP) is 14.3. The van der Waals surface area contributed by atoms with Gasteiger partial charge in [-0.1, -0.05) is 26.7 Å². The molecule has 5 nitrogen and oxygen atoms in total. The molecule has 266 valence electrons. The van der Waals surface area contributed by atoms with E-state index in [2.05, 4.69) is 94.6 Å². The second kappa shape index (κ2) is 19.6. The van der Waals surface area contributed by atoms with Crippen molar-refractivity contribution in [1.29, 1.82) is 0 Å². The van der Waals surface area contributed by atoms with Gasteiger partial charge < -0.3 is 0 Å². The molecule has 1 atom stereocenters. The zero-order valence-electron chi connectivity index (χ0n) is 29.6. The molecule has 0 saturated heterocycles. The standard InChI is InChI=1S/C38H57Br2N5S2Se/c1-5-9-12-14-16-18-21-27-23-29(46-37(27)39)31-33-34(42-45(41-33)25-26(8-4)20-11-7-3)32(36-35(31)43-48-44-36)30-24-28(38(40)47-30)22-19-17-15-13-10-6-2/h23-24,26,41-44H,5-22,25H2,1-4H3. The maximum atomic E-state index is 3.98. The first kappa shape index (κ1) is 38.3. The number of benzene rings is 1. The first-order valence-corrected chi connectivity index (χ1v) is 23.7. The molecule has 1 unspecified atom stereocenters. The van der Waals surface area contributed by atoms with Gasteiger partial charge in [-0.05, 0) is 0 Å². The first-order chi connectivity index (χ1) is 23.5. The van der Waals surface area contributed by atoms with Crippen molar-refractivity contribution in [2.75, 3.05) is 0 Å². The summed E-state index contributed by atoms with van der Waals surface area (Å²) < 4.78 is 10.2. The van der Waals surface area contributed by atoms with Crippen molar-refractivity contribution in [1.82, 2.24) is 23.0 Å². The fourth-order valence-electron chi connectivity index (χ4n) is 6.95. The molecule has 4 heterocycles. The Balaban J connectivity index is 1.53. The number of aromatic amines is 4. The van der Waals surface area contributed by atoms with E-state index < -0.39 is 0 Å². The summed E-state index contributed by atoms with van der Waals surface area (Å²) in [6, 6.07) is 4.92. The third kappa shape index (κ3) is 9.70. The Morgan fingerprint density at radius 1 is 0.625 bits per heavy atom. The van der Waals surface area contributed by atoms with Gasteiger partial charge >= 0.3 is 295 Å². The van der Waals surface area contributed by atoms with Crippen molar-refractivity contribution < 1.29 is 0 Å². The average molecular weight is 887 g/mol. The number of thiophene rings is 2. The van der Waals surface area contributed by atoms with E-state index in [0.29, 0.717) is 5.92 Å².